The van der Waals surface area contributed by atoms with Crippen LogP contribution in [0.1, 0.15) is 59.3 Å². The molecule has 0 aliphatic heterocycles. The van der Waals surface area contributed by atoms with Gasteiger partial charge in [0.05, 0.1) is 0 Å². The molecule has 2 aliphatic carbocycles. The molecule has 0 aromatic carbocycles. The Morgan fingerprint density at radius 2 is 1.76 bits per heavy atom. The van der Waals surface area contributed by atoms with Gasteiger partial charge in [0.15, 0.2) is 0 Å². The Morgan fingerprint density at radius 3 is 2.29 bits per heavy atom. The van der Waals surface area contributed by atoms with Gasteiger partial charge in [0.2, 0.25) is 0 Å². The van der Waals surface area contributed by atoms with E-state index >= 15 is 0 Å². The predicted octanol–water partition coefficient (Wildman–Crippen LogP) is 4.15. The van der Waals surface area contributed by atoms with Crippen LogP contribution in [-0.2, 0) is 0 Å². The lowest BCUT2D eigenvalue weighted by molar-refractivity contribution is 0.328. The van der Waals surface area contributed by atoms with Gasteiger partial charge in [0.1, 0.15) is 0 Å². The number of hydrogen-bond acceptors (Lipinski definition) is 1. The summed E-state index contributed by atoms with van der Waals surface area (Å²) in [6.45, 7) is 8.21. The van der Waals surface area contributed by atoms with Crippen molar-refractivity contribution in [3.8, 4) is 0 Å². The summed E-state index contributed by atoms with van der Waals surface area (Å²) in [6, 6.07) is 0.837. The Balaban J connectivity index is 1.84. The highest BCUT2D eigenvalue weighted by Crippen LogP contribution is 2.30. The van der Waals surface area contributed by atoms with Crippen LogP contribution in [0.3, 0.4) is 0 Å². The van der Waals surface area contributed by atoms with Crippen molar-refractivity contribution in [1.29, 1.82) is 0 Å². The molecule has 0 aromatic rings. The lowest BCUT2D eigenvalue weighted by Crippen LogP contribution is -2.22. The fraction of sp³-hybridized carbons (Fsp3) is 0.875. The first-order valence-corrected chi connectivity index (χ1v) is 7.59. The third-order valence-electron chi connectivity index (χ3n) is 4.42. The maximum Gasteiger partial charge on any atom is 0.0169 e. The summed E-state index contributed by atoms with van der Waals surface area (Å²) in [7, 11) is 0. The van der Waals surface area contributed by atoms with Gasteiger partial charge in [-0.2, -0.15) is 0 Å². The largest absolute Gasteiger partial charge is 0.310 e. The Morgan fingerprint density at radius 1 is 1.12 bits per heavy atom. The van der Waals surface area contributed by atoms with Crippen molar-refractivity contribution in [3.63, 3.8) is 0 Å². The standard InChI is InChI=1S/C16H29N/c1-12(2)15(11-17-16-8-9-16)10-14-6-4-13(3)5-7-14/h10,12-14,16-17H,4-9,11H2,1-3H3. The van der Waals surface area contributed by atoms with Crippen molar-refractivity contribution < 1.29 is 0 Å². The quantitative estimate of drug-likeness (QED) is 0.706. The van der Waals surface area contributed by atoms with Crippen molar-refractivity contribution >= 4 is 0 Å². The van der Waals surface area contributed by atoms with Crippen molar-refractivity contribution in [3.05, 3.63) is 11.6 Å². The summed E-state index contributed by atoms with van der Waals surface area (Å²) in [5.41, 5.74) is 1.65. The third kappa shape index (κ3) is 4.46. The molecule has 0 spiro atoms. The Kier molecular flexibility index (Phi) is 4.67. The molecule has 17 heavy (non-hydrogen) atoms. The third-order valence-corrected chi connectivity index (χ3v) is 4.42. The molecule has 0 heterocycles. The smallest absolute Gasteiger partial charge is 0.0169 e. The highest BCUT2D eigenvalue weighted by Gasteiger charge is 2.22. The molecule has 2 saturated carbocycles. The minimum atomic E-state index is 0.709. The molecule has 0 unspecified atom stereocenters. The Labute approximate surface area is 107 Å². The zero-order chi connectivity index (χ0) is 12.3. The molecule has 0 amide bonds. The molecule has 2 fully saturated rings. The first kappa shape index (κ1) is 13.1. The van der Waals surface area contributed by atoms with E-state index in [0.29, 0.717) is 5.92 Å². The summed E-state index contributed by atoms with van der Waals surface area (Å²) in [6.07, 6.45) is 11.1. The monoisotopic (exact) mass is 235 g/mol. The fourth-order valence-corrected chi connectivity index (χ4v) is 2.76. The van der Waals surface area contributed by atoms with E-state index in [0.717, 1.165) is 24.4 Å². The lowest BCUT2D eigenvalue weighted by atomic mass is 9.81. The van der Waals surface area contributed by atoms with Gasteiger partial charge in [-0.05, 0) is 43.4 Å². The van der Waals surface area contributed by atoms with Crippen LogP contribution in [0.5, 0.6) is 0 Å². The van der Waals surface area contributed by atoms with Gasteiger partial charge in [-0.1, -0.05) is 45.3 Å². The zero-order valence-electron chi connectivity index (χ0n) is 11.8. The van der Waals surface area contributed by atoms with E-state index in [2.05, 4.69) is 32.2 Å². The van der Waals surface area contributed by atoms with Gasteiger partial charge in [0.25, 0.3) is 0 Å². The molecule has 0 atom stereocenters. The Hall–Kier alpha value is -0.300. The molecular formula is C16H29N. The molecule has 2 rings (SSSR count). The minimum absolute atomic E-state index is 0.709. The van der Waals surface area contributed by atoms with E-state index < -0.39 is 0 Å². The predicted molar refractivity (Wildman–Crippen MR) is 75.1 cm³/mol. The molecule has 1 N–H and O–H groups in total. The van der Waals surface area contributed by atoms with E-state index in [4.69, 9.17) is 0 Å². The van der Waals surface area contributed by atoms with Crippen LogP contribution < -0.4 is 5.32 Å². The van der Waals surface area contributed by atoms with Crippen LogP contribution in [-0.4, -0.2) is 12.6 Å². The summed E-state index contributed by atoms with van der Waals surface area (Å²) in [5.74, 6) is 2.54. The van der Waals surface area contributed by atoms with Crippen molar-refractivity contribution in [2.45, 2.75) is 65.3 Å². The minimum Gasteiger partial charge on any atom is -0.310 e. The number of allylic oxidation sites excluding steroid dienone is 1. The molecular weight excluding hydrogens is 206 g/mol. The van der Waals surface area contributed by atoms with Gasteiger partial charge in [-0.3, -0.25) is 0 Å². The topological polar surface area (TPSA) is 12.0 Å². The van der Waals surface area contributed by atoms with Crippen LogP contribution in [0.25, 0.3) is 0 Å². The van der Waals surface area contributed by atoms with Crippen LogP contribution in [0.4, 0.5) is 0 Å². The van der Waals surface area contributed by atoms with Crippen LogP contribution in [0.2, 0.25) is 0 Å². The van der Waals surface area contributed by atoms with Crippen molar-refractivity contribution in [1.82, 2.24) is 5.32 Å². The van der Waals surface area contributed by atoms with Gasteiger partial charge < -0.3 is 5.32 Å². The van der Waals surface area contributed by atoms with Crippen molar-refractivity contribution in [2.75, 3.05) is 6.54 Å². The molecule has 0 saturated heterocycles. The SMILES string of the molecule is CC1CCC(C=C(CNC2CC2)C(C)C)CC1. The molecule has 0 radical (unpaired) electrons. The molecule has 2 aliphatic rings. The van der Waals surface area contributed by atoms with Gasteiger partial charge in [-0.15, -0.1) is 0 Å². The molecule has 98 valence electrons. The van der Waals surface area contributed by atoms with Crippen molar-refractivity contribution in [2.24, 2.45) is 17.8 Å². The maximum atomic E-state index is 3.67. The van der Waals surface area contributed by atoms with Gasteiger partial charge >= 0.3 is 0 Å². The summed E-state index contributed by atoms with van der Waals surface area (Å²) in [4.78, 5) is 0. The summed E-state index contributed by atoms with van der Waals surface area (Å²) in [5, 5.41) is 3.67. The second kappa shape index (κ2) is 6.04. The average Bonchev–Trinajstić information content (AvgIpc) is 3.10. The van der Waals surface area contributed by atoms with E-state index in [1.54, 1.807) is 5.57 Å². The van der Waals surface area contributed by atoms with Crippen LogP contribution in [0.15, 0.2) is 11.6 Å². The second-order valence-corrected chi connectivity index (χ2v) is 6.57. The van der Waals surface area contributed by atoms with Gasteiger partial charge in [0, 0.05) is 12.6 Å². The lowest BCUT2D eigenvalue weighted by Gasteiger charge is -2.25. The average molecular weight is 235 g/mol. The molecule has 1 nitrogen and oxygen atoms in total. The number of rotatable bonds is 5. The number of nitrogens with one attached hydrogen (secondary N) is 1. The van der Waals surface area contributed by atoms with Crippen LogP contribution >= 0.6 is 0 Å². The molecule has 1 heteroatoms. The summed E-state index contributed by atoms with van der Waals surface area (Å²) >= 11 is 0. The zero-order valence-corrected chi connectivity index (χ0v) is 11.8. The van der Waals surface area contributed by atoms with Crippen LogP contribution in [0, 0.1) is 17.8 Å². The first-order chi connectivity index (χ1) is 8.15. The van der Waals surface area contributed by atoms with E-state index in [9.17, 15) is 0 Å². The fourth-order valence-electron chi connectivity index (χ4n) is 2.76. The highest BCUT2D eigenvalue weighted by molar-refractivity contribution is 5.10. The van der Waals surface area contributed by atoms with E-state index in [-0.39, 0.29) is 0 Å². The second-order valence-electron chi connectivity index (χ2n) is 6.57. The maximum absolute atomic E-state index is 3.67. The van der Waals surface area contributed by atoms with E-state index in [1.807, 2.05) is 0 Å². The molecule has 0 aromatic heterocycles. The number of hydrogen-bond donors (Lipinski definition) is 1. The normalized spacial score (nSPS) is 30.9. The van der Waals surface area contributed by atoms with E-state index in [1.165, 1.54) is 38.5 Å². The Bertz CT molecular complexity index is 255. The summed E-state index contributed by atoms with van der Waals surface area (Å²) < 4.78 is 0. The molecule has 0 bridgehead atoms. The first-order valence-electron chi connectivity index (χ1n) is 7.59. The van der Waals surface area contributed by atoms with Gasteiger partial charge in [-0.25, -0.2) is 0 Å². The highest BCUT2D eigenvalue weighted by atomic mass is 14.9.